The summed E-state index contributed by atoms with van der Waals surface area (Å²) >= 11 is 11.8. The summed E-state index contributed by atoms with van der Waals surface area (Å²) in [5, 5.41) is 13.9. The minimum Gasteiger partial charge on any atom is -0.396 e. The number of hydrogen-bond acceptors (Lipinski definition) is 3. The summed E-state index contributed by atoms with van der Waals surface area (Å²) in [6.45, 7) is 6.52. The first-order valence-electron chi connectivity index (χ1n) is 5.38. The normalized spacial score (nSPS) is 13.0. The second kappa shape index (κ2) is 6.83. The van der Waals surface area contributed by atoms with Crippen molar-refractivity contribution in [1.29, 1.82) is 0 Å². The minimum absolute atomic E-state index is 0. The smallest absolute Gasteiger partial charge is 0.0915 e. The highest BCUT2D eigenvalue weighted by Crippen LogP contribution is 2.31. The molecular weight excluding hydrogens is 295 g/mol. The number of β-amino-alcohol motifs (C(OH)–C–C–N with tert-alkyl or cyclic N) is 1. The molecule has 0 saturated carbocycles. The molecule has 18 heavy (non-hydrogen) atoms. The Morgan fingerprint density at radius 2 is 1.72 bits per heavy atom. The van der Waals surface area contributed by atoms with Crippen LogP contribution in [0, 0.1) is 0 Å². The van der Waals surface area contributed by atoms with Crippen LogP contribution >= 0.6 is 35.6 Å². The van der Waals surface area contributed by atoms with Crippen molar-refractivity contribution in [2.45, 2.75) is 32.4 Å². The number of nitrogens with one attached hydrogen (secondary N) is 1. The Kier molecular flexibility index (Phi) is 6.75. The molecule has 0 aromatic heterocycles. The van der Waals surface area contributed by atoms with E-state index in [0.717, 1.165) is 0 Å². The van der Waals surface area contributed by atoms with Crippen molar-refractivity contribution in [3.05, 3.63) is 27.7 Å². The molecule has 1 rings (SSSR count). The Hall–Kier alpha value is -0.190. The minimum atomic E-state index is -0.662. The molecule has 6 heteroatoms. The number of hydrogen-bond donors (Lipinski definition) is 3. The van der Waals surface area contributed by atoms with Crippen molar-refractivity contribution in [1.82, 2.24) is 5.32 Å². The number of halogens is 3. The van der Waals surface area contributed by atoms with Gasteiger partial charge >= 0.3 is 0 Å². The van der Waals surface area contributed by atoms with Gasteiger partial charge in [-0.25, -0.2) is 0 Å². The van der Waals surface area contributed by atoms with E-state index < -0.39 is 6.10 Å². The molecule has 3 nitrogen and oxygen atoms in total. The number of aliphatic hydroxyl groups is 1. The van der Waals surface area contributed by atoms with E-state index >= 15 is 0 Å². The van der Waals surface area contributed by atoms with Crippen LogP contribution in [-0.4, -0.2) is 17.2 Å². The molecule has 0 aliphatic carbocycles. The van der Waals surface area contributed by atoms with Gasteiger partial charge in [-0.1, -0.05) is 23.2 Å². The zero-order valence-electron chi connectivity index (χ0n) is 10.6. The quantitative estimate of drug-likeness (QED) is 0.749. The summed E-state index contributed by atoms with van der Waals surface area (Å²) in [5.74, 6) is 0. The van der Waals surface area contributed by atoms with Crippen molar-refractivity contribution in [2.75, 3.05) is 12.3 Å². The van der Waals surface area contributed by atoms with Gasteiger partial charge in [0.1, 0.15) is 0 Å². The molecule has 1 aromatic rings. The predicted octanol–water partition coefficient (Wildman–Crippen LogP) is 3.42. The van der Waals surface area contributed by atoms with Crippen LogP contribution in [0.3, 0.4) is 0 Å². The molecule has 0 saturated heterocycles. The van der Waals surface area contributed by atoms with Gasteiger partial charge in [0.25, 0.3) is 0 Å². The van der Waals surface area contributed by atoms with E-state index in [1.54, 1.807) is 12.1 Å². The molecule has 0 fully saturated rings. The van der Waals surface area contributed by atoms with Crippen molar-refractivity contribution in [3.8, 4) is 0 Å². The van der Waals surface area contributed by atoms with Gasteiger partial charge in [-0.05, 0) is 38.5 Å². The largest absolute Gasteiger partial charge is 0.396 e. The Bertz CT molecular complexity index is 382. The molecule has 0 amide bonds. The second-order valence-corrected chi connectivity index (χ2v) is 5.86. The fourth-order valence-electron chi connectivity index (χ4n) is 1.32. The Morgan fingerprint density at radius 3 is 2.11 bits per heavy atom. The van der Waals surface area contributed by atoms with Crippen LogP contribution in [0.2, 0.25) is 10.0 Å². The number of anilines is 1. The molecule has 4 N–H and O–H groups in total. The van der Waals surface area contributed by atoms with Crippen LogP contribution in [0.1, 0.15) is 32.4 Å². The van der Waals surface area contributed by atoms with E-state index in [4.69, 9.17) is 28.9 Å². The van der Waals surface area contributed by atoms with Gasteiger partial charge < -0.3 is 16.2 Å². The molecular formula is C12H19Cl3N2O. The van der Waals surface area contributed by atoms with Crippen LogP contribution in [-0.2, 0) is 0 Å². The Balaban J connectivity index is 0.00000289. The zero-order valence-corrected chi connectivity index (χ0v) is 13.0. The molecule has 1 atom stereocenters. The number of nitrogen functional groups attached to an aromatic ring is 1. The SMILES string of the molecule is CC(C)(C)NC[C@H](O)c1cc(Cl)c(N)c(Cl)c1.Cl. The Labute approximate surface area is 124 Å². The molecule has 0 aliphatic rings. The van der Waals surface area contributed by atoms with Gasteiger partial charge in [0, 0.05) is 12.1 Å². The van der Waals surface area contributed by atoms with E-state index in [1.807, 2.05) is 20.8 Å². The molecule has 0 unspecified atom stereocenters. The van der Waals surface area contributed by atoms with Crippen LogP contribution in [0.5, 0.6) is 0 Å². The van der Waals surface area contributed by atoms with Gasteiger partial charge in [-0.2, -0.15) is 0 Å². The van der Waals surface area contributed by atoms with Gasteiger partial charge in [0.05, 0.1) is 21.8 Å². The van der Waals surface area contributed by atoms with Gasteiger partial charge in [0.15, 0.2) is 0 Å². The lowest BCUT2D eigenvalue weighted by Gasteiger charge is -2.23. The van der Waals surface area contributed by atoms with Crippen molar-refractivity contribution in [3.63, 3.8) is 0 Å². The van der Waals surface area contributed by atoms with Crippen molar-refractivity contribution >= 4 is 41.3 Å². The number of aliphatic hydroxyl groups excluding tert-OH is 1. The van der Waals surface area contributed by atoms with Gasteiger partial charge in [-0.3, -0.25) is 0 Å². The highest BCUT2D eigenvalue weighted by atomic mass is 35.5. The van der Waals surface area contributed by atoms with E-state index in [2.05, 4.69) is 5.32 Å². The highest BCUT2D eigenvalue weighted by Gasteiger charge is 2.15. The molecule has 0 radical (unpaired) electrons. The first kappa shape index (κ1) is 17.8. The maximum Gasteiger partial charge on any atom is 0.0915 e. The summed E-state index contributed by atoms with van der Waals surface area (Å²) < 4.78 is 0. The number of benzene rings is 1. The highest BCUT2D eigenvalue weighted by molar-refractivity contribution is 6.38. The van der Waals surface area contributed by atoms with Crippen LogP contribution in [0.25, 0.3) is 0 Å². The van der Waals surface area contributed by atoms with Crippen molar-refractivity contribution in [2.24, 2.45) is 0 Å². The molecule has 104 valence electrons. The van der Waals surface area contributed by atoms with Gasteiger partial charge in [-0.15, -0.1) is 12.4 Å². The monoisotopic (exact) mass is 312 g/mol. The fraction of sp³-hybridized carbons (Fsp3) is 0.500. The maximum absolute atomic E-state index is 10.0. The molecule has 0 aliphatic heterocycles. The number of rotatable bonds is 3. The Morgan fingerprint density at radius 1 is 1.28 bits per heavy atom. The third kappa shape index (κ3) is 5.21. The predicted molar refractivity (Wildman–Crippen MR) is 80.8 cm³/mol. The van der Waals surface area contributed by atoms with E-state index in [0.29, 0.717) is 27.8 Å². The maximum atomic E-state index is 10.0. The summed E-state index contributed by atoms with van der Waals surface area (Å²) in [6.07, 6.45) is -0.662. The summed E-state index contributed by atoms with van der Waals surface area (Å²) in [5.41, 5.74) is 6.58. The lowest BCUT2D eigenvalue weighted by atomic mass is 10.1. The third-order valence-electron chi connectivity index (χ3n) is 2.31. The summed E-state index contributed by atoms with van der Waals surface area (Å²) in [7, 11) is 0. The van der Waals surface area contributed by atoms with Crippen molar-refractivity contribution < 1.29 is 5.11 Å². The van der Waals surface area contributed by atoms with Gasteiger partial charge in [0.2, 0.25) is 0 Å². The summed E-state index contributed by atoms with van der Waals surface area (Å²) in [4.78, 5) is 0. The molecule has 0 heterocycles. The van der Waals surface area contributed by atoms with E-state index in [1.165, 1.54) is 0 Å². The van der Waals surface area contributed by atoms with E-state index in [9.17, 15) is 5.11 Å². The average molecular weight is 314 g/mol. The van der Waals surface area contributed by atoms with Crippen LogP contribution in [0.15, 0.2) is 12.1 Å². The second-order valence-electron chi connectivity index (χ2n) is 5.04. The topological polar surface area (TPSA) is 58.3 Å². The number of nitrogens with two attached hydrogens (primary N) is 1. The van der Waals surface area contributed by atoms with E-state index in [-0.39, 0.29) is 17.9 Å². The van der Waals surface area contributed by atoms with Crippen LogP contribution in [0.4, 0.5) is 5.69 Å². The average Bonchev–Trinajstić information content (AvgIpc) is 2.20. The lowest BCUT2D eigenvalue weighted by molar-refractivity contribution is 0.163. The standard InChI is InChI=1S/C12H18Cl2N2O.ClH/c1-12(2,3)16-6-10(17)7-4-8(13)11(15)9(14)5-7;/h4-5,10,16-17H,6,15H2,1-3H3;1H/t10-;/m0./s1. The van der Waals surface area contributed by atoms with Crippen LogP contribution < -0.4 is 11.1 Å². The zero-order chi connectivity index (χ0) is 13.2. The molecule has 0 spiro atoms. The third-order valence-corrected chi connectivity index (χ3v) is 2.94. The fourth-order valence-corrected chi connectivity index (χ4v) is 1.82. The summed E-state index contributed by atoms with van der Waals surface area (Å²) in [6, 6.07) is 3.27. The molecule has 0 bridgehead atoms. The first-order chi connectivity index (χ1) is 7.70. The molecule has 1 aromatic carbocycles. The lowest BCUT2D eigenvalue weighted by Crippen LogP contribution is -2.38. The first-order valence-corrected chi connectivity index (χ1v) is 6.14.